The van der Waals surface area contributed by atoms with Gasteiger partial charge in [-0.15, -0.1) is 11.1 Å². The molecule has 2 aliphatic rings. The quantitative estimate of drug-likeness (QED) is 0.0471. The molecular weight excluding hydrogens is 997 g/mol. The summed E-state index contributed by atoms with van der Waals surface area (Å²) in [6.45, 7) is 10.2. The summed E-state index contributed by atoms with van der Waals surface area (Å²) in [7, 11) is 0. The second kappa shape index (κ2) is 27.8. The SMILES string of the molecule is C.CCOC(=O)C1=C(Cc2ccc(OCCc3nc(-c4ccccc4)oc3C)cc2)N(Cc2ccccc2)NN1.CCOC(=O)C1=C(Cc2ccc(OCCc3nc(-c4ccccc4)oc3C)cc2)NNN1Cc1ccccc1. The molecule has 408 valence electrons. The number of oxazole rings is 2. The highest BCUT2D eigenvalue weighted by Crippen LogP contribution is 2.27. The number of hydrazine groups is 4. The number of hydrogen-bond donors (Lipinski definition) is 4. The summed E-state index contributed by atoms with van der Waals surface area (Å²) in [5.74, 6) is 3.66. The number of nitrogens with one attached hydrogen (secondary N) is 4. The summed E-state index contributed by atoms with van der Waals surface area (Å²) in [6.07, 6.45) is 2.37. The van der Waals surface area contributed by atoms with Gasteiger partial charge in [0, 0.05) is 36.8 Å². The van der Waals surface area contributed by atoms with Crippen molar-refractivity contribution in [2.45, 2.75) is 73.9 Å². The molecule has 16 heteroatoms. The molecule has 0 saturated carbocycles. The van der Waals surface area contributed by atoms with E-state index in [-0.39, 0.29) is 19.4 Å². The third kappa shape index (κ3) is 15.1. The number of carbonyl (C=O) groups excluding carboxylic acids is 2. The molecule has 0 fully saturated rings. The number of rotatable bonds is 22. The van der Waals surface area contributed by atoms with Crippen LogP contribution in [-0.2, 0) is 57.8 Å². The van der Waals surface area contributed by atoms with Gasteiger partial charge in [0.2, 0.25) is 11.8 Å². The zero-order chi connectivity index (χ0) is 54.1. The van der Waals surface area contributed by atoms with Gasteiger partial charge in [0.15, 0.2) is 11.4 Å². The molecule has 0 radical (unpaired) electrons. The topological polar surface area (TPSA) is 178 Å². The second-order valence-corrected chi connectivity index (χ2v) is 18.3. The van der Waals surface area contributed by atoms with E-state index in [0.29, 0.717) is 88.4 Å². The van der Waals surface area contributed by atoms with Gasteiger partial charge in [-0.2, -0.15) is 0 Å². The van der Waals surface area contributed by atoms with Crippen molar-refractivity contribution in [3.8, 4) is 34.4 Å². The smallest absolute Gasteiger partial charge is 0.357 e. The largest absolute Gasteiger partial charge is 0.493 e. The molecule has 6 aromatic carbocycles. The average Bonchev–Trinajstić information content (AvgIpc) is 4.34. The molecule has 79 heavy (non-hydrogen) atoms. The molecule has 4 heterocycles. The van der Waals surface area contributed by atoms with Crippen LogP contribution in [0, 0.1) is 13.8 Å². The molecule has 2 aromatic heterocycles. The second-order valence-electron chi connectivity index (χ2n) is 18.3. The predicted molar refractivity (Wildman–Crippen MR) is 303 cm³/mol. The standard InChI is InChI=1S/2C31H32N4O4.CH4/c1-3-37-31(36)29-28(35(34-33-29)21-24-10-6-4-7-11-24)20-23-14-16-26(17-15-23)38-19-18-27-22(2)39-30(32-27)25-12-8-5-9-13-25;1-3-37-31(36)29-28(33-34-35(29)21-24-10-6-4-7-11-24)20-23-14-16-26(17-15-23)38-19-18-27-22(2)39-30(32-27)25-12-8-5-9-13-25;/h2*4-17,33-34H,3,18-21H2,1-2H3;1H4. The van der Waals surface area contributed by atoms with Crippen molar-refractivity contribution in [1.82, 2.24) is 41.9 Å². The molecule has 0 unspecified atom stereocenters. The fourth-order valence-corrected chi connectivity index (χ4v) is 8.78. The Morgan fingerprint density at radius 3 is 1.42 bits per heavy atom. The first-order chi connectivity index (χ1) is 38.2. The maximum atomic E-state index is 12.8. The first-order valence-electron chi connectivity index (χ1n) is 26.1. The minimum Gasteiger partial charge on any atom is -0.493 e. The van der Waals surface area contributed by atoms with Crippen LogP contribution in [0.15, 0.2) is 201 Å². The average molecular weight is 1070 g/mol. The molecule has 0 aliphatic carbocycles. The summed E-state index contributed by atoms with van der Waals surface area (Å²) in [4.78, 5) is 34.7. The molecular formula is C63H68N8O8. The predicted octanol–water partition coefficient (Wildman–Crippen LogP) is 10.9. The minimum atomic E-state index is -0.380. The number of hydrogen-bond acceptors (Lipinski definition) is 16. The van der Waals surface area contributed by atoms with Gasteiger partial charge in [-0.25, -0.2) is 19.6 Å². The molecule has 10 rings (SSSR count). The van der Waals surface area contributed by atoms with Crippen molar-refractivity contribution in [2.24, 2.45) is 0 Å². The zero-order valence-electron chi connectivity index (χ0n) is 44.3. The Morgan fingerprint density at radius 2 is 0.937 bits per heavy atom. The van der Waals surface area contributed by atoms with Crippen LogP contribution in [0.4, 0.5) is 0 Å². The van der Waals surface area contributed by atoms with E-state index in [2.05, 4.69) is 44.0 Å². The van der Waals surface area contributed by atoms with Crippen molar-refractivity contribution in [2.75, 3.05) is 26.4 Å². The van der Waals surface area contributed by atoms with Crippen LogP contribution in [-0.4, -0.2) is 58.4 Å². The normalized spacial score (nSPS) is 12.8. The fourth-order valence-electron chi connectivity index (χ4n) is 8.78. The first-order valence-corrected chi connectivity index (χ1v) is 26.1. The molecule has 0 saturated heterocycles. The molecule has 0 amide bonds. The maximum Gasteiger partial charge on any atom is 0.357 e. The molecule has 0 bridgehead atoms. The van der Waals surface area contributed by atoms with Crippen LogP contribution in [0.25, 0.3) is 22.9 Å². The Balaban J connectivity index is 0.000000205. The van der Waals surface area contributed by atoms with Gasteiger partial charge in [0.1, 0.15) is 23.0 Å². The number of benzene rings is 6. The summed E-state index contributed by atoms with van der Waals surface area (Å²) >= 11 is 0. The first kappa shape index (κ1) is 56.1. The summed E-state index contributed by atoms with van der Waals surface area (Å²) in [5, 5.41) is 3.73. The molecule has 0 spiro atoms. The highest BCUT2D eigenvalue weighted by Gasteiger charge is 2.30. The number of esters is 2. The van der Waals surface area contributed by atoms with Crippen molar-refractivity contribution < 1.29 is 37.4 Å². The Hall–Kier alpha value is -9.12. The zero-order valence-corrected chi connectivity index (χ0v) is 44.3. The van der Waals surface area contributed by atoms with Crippen molar-refractivity contribution >= 4 is 11.9 Å². The number of allylic oxidation sites excluding steroid dienone is 2. The Morgan fingerprint density at radius 1 is 0.506 bits per heavy atom. The maximum absolute atomic E-state index is 12.8. The Labute approximate surface area is 462 Å². The number of carbonyl (C=O) groups is 2. The lowest BCUT2D eigenvalue weighted by atomic mass is 10.1. The molecule has 4 N–H and O–H groups in total. The van der Waals surface area contributed by atoms with Crippen LogP contribution in [0.3, 0.4) is 0 Å². The summed E-state index contributed by atoms with van der Waals surface area (Å²) < 4.78 is 34.3. The van der Waals surface area contributed by atoms with E-state index in [1.54, 1.807) is 18.9 Å². The van der Waals surface area contributed by atoms with Crippen molar-refractivity contribution in [3.05, 3.63) is 238 Å². The van der Waals surface area contributed by atoms with Gasteiger partial charge in [-0.05, 0) is 98.5 Å². The molecule has 8 aromatic rings. The van der Waals surface area contributed by atoms with Crippen molar-refractivity contribution in [1.29, 1.82) is 0 Å². The van der Waals surface area contributed by atoms with Gasteiger partial charge in [0.05, 0.1) is 62.3 Å². The highest BCUT2D eigenvalue weighted by molar-refractivity contribution is 5.89. The summed E-state index contributed by atoms with van der Waals surface area (Å²) in [5.41, 5.74) is 22.8. The minimum absolute atomic E-state index is 0. The lowest BCUT2D eigenvalue weighted by molar-refractivity contribution is -0.141. The Bertz CT molecular complexity index is 3270. The van der Waals surface area contributed by atoms with E-state index < -0.39 is 0 Å². The van der Waals surface area contributed by atoms with E-state index in [4.69, 9.17) is 27.8 Å². The lowest BCUT2D eigenvalue weighted by Gasteiger charge is -2.21. The van der Waals surface area contributed by atoms with Gasteiger partial charge < -0.3 is 33.2 Å². The van der Waals surface area contributed by atoms with Gasteiger partial charge in [-0.3, -0.25) is 15.4 Å². The van der Waals surface area contributed by atoms with Gasteiger partial charge in [-0.1, -0.05) is 129 Å². The summed E-state index contributed by atoms with van der Waals surface area (Å²) in [6, 6.07) is 55.6. The van der Waals surface area contributed by atoms with Crippen LogP contribution in [0.5, 0.6) is 11.5 Å². The number of aromatic nitrogens is 2. The molecule has 16 nitrogen and oxygen atoms in total. The van der Waals surface area contributed by atoms with E-state index >= 15 is 0 Å². The number of aryl methyl sites for hydroxylation is 2. The van der Waals surface area contributed by atoms with E-state index in [1.165, 1.54) is 0 Å². The molecule has 2 aliphatic heterocycles. The third-order valence-corrected chi connectivity index (χ3v) is 12.8. The highest BCUT2D eigenvalue weighted by atomic mass is 16.5. The number of nitrogens with zero attached hydrogens (tertiary/aromatic N) is 4. The van der Waals surface area contributed by atoms with E-state index in [1.807, 2.05) is 177 Å². The number of ether oxygens (including phenoxy) is 4. The van der Waals surface area contributed by atoms with E-state index in [9.17, 15) is 9.59 Å². The van der Waals surface area contributed by atoms with E-state index in [0.717, 1.165) is 79.2 Å². The van der Waals surface area contributed by atoms with Crippen LogP contribution in [0.1, 0.15) is 66.4 Å². The van der Waals surface area contributed by atoms with Crippen LogP contribution >= 0.6 is 0 Å². The lowest BCUT2D eigenvalue weighted by Crippen LogP contribution is -2.39. The van der Waals surface area contributed by atoms with Crippen LogP contribution < -0.4 is 31.4 Å². The third-order valence-electron chi connectivity index (χ3n) is 12.8. The van der Waals surface area contributed by atoms with Crippen molar-refractivity contribution in [3.63, 3.8) is 0 Å². The Kier molecular flexibility index (Phi) is 19.7. The monoisotopic (exact) mass is 1060 g/mol. The van der Waals surface area contributed by atoms with Gasteiger partial charge >= 0.3 is 11.9 Å². The van der Waals surface area contributed by atoms with Gasteiger partial charge in [0.25, 0.3) is 0 Å². The van der Waals surface area contributed by atoms with Crippen LogP contribution in [0.2, 0.25) is 0 Å². The fraction of sp³-hybridized carbons (Fsp3) is 0.238. The molecule has 0 atom stereocenters.